The van der Waals surface area contributed by atoms with Crippen LogP contribution >= 0.6 is 0 Å². The van der Waals surface area contributed by atoms with E-state index in [-0.39, 0.29) is 49.6 Å². The van der Waals surface area contributed by atoms with Gasteiger partial charge in [-0.15, -0.1) is 0 Å². The summed E-state index contributed by atoms with van der Waals surface area (Å²) in [6.07, 6.45) is 7.05. The summed E-state index contributed by atoms with van der Waals surface area (Å²) in [5, 5.41) is 16.6. The second kappa shape index (κ2) is 18.6. The van der Waals surface area contributed by atoms with E-state index in [0.717, 1.165) is 33.3 Å². The lowest BCUT2D eigenvalue weighted by atomic mass is 9.84. The van der Waals surface area contributed by atoms with Gasteiger partial charge in [-0.25, -0.2) is 15.4 Å². The number of cyclic esters (lactones) is 1. The number of likely N-dealkylation sites (tertiary alicyclic amines) is 1. The zero-order valence-corrected chi connectivity index (χ0v) is 37.2. The van der Waals surface area contributed by atoms with Crippen LogP contribution < -0.4 is 10.7 Å². The van der Waals surface area contributed by atoms with Gasteiger partial charge in [0.05, 0.1) is 18.2 Å². The van der Waals surface area contributed by atoms with Gasteiger partial charge in [-0.3, -0.25) is 29.0 Å². The summed E-state index contributed by atoms with van der Waals surface area (Å²) >= 11 is 0. The molecule has 2 aromatic carbocycles. The van der Waals surface area contributed by atoms with Gasteiger partial charge >= 0.3 is 5.97 Å². The number of amides is 4. The molecule has 7 rings (SSSR count). The van der Waals surface area contributed by atoms with Gasteiger partial charge in [-0.05, 0) is 97.9 Å². The minimum Gasteiger partial charge on any atom is -0.508 e. The van der Waals surface area contributed by atoms with Gasteiger partial charge in [-0.2, -0.15) is 0 Å². The molecule has 63 heavy (non-hydrogen) atoms. The van der Waals surface area contributed by atoms with Gasteiger partial charge in [0.25, 0.3) is 11.8 Å². The number of hydrogen-bond donors (Lipinski definition) is 3. The Morgan fingerprint density at radius 1 is 1.05 bits per heavy atom. The average Bonchev–Trinajstić information content (AvgIpc) is 3.88. The van der Waals surface area contributed by atoms with Crippen LogP contribution in [0.1, 0.15) is 71.9 Å². The Morgan fingerprint density at radius 2 is 1.81 bits per heavy atom. The summed E-state index contributed by atoms with van der Waals surface area (Å²) < 4.78 is 8.28. The van der Waals surface area contributed by atoms with Gasteiger partial charge < -0.3 is 29.5 Å². The van der Waals surface area contributed by atoms with E-state index in [2.05, 4.69) is 70.0 Å². The Hall–Kier alpha value is -6.27. The standard InChI is InChI=1S/C48H58N8O7/c1-8-11-41(58)54-17-15-32(26-54)45(60)53(7)42(29(3)4)44(59)51-39-20-30-18-33(21-35(57)19-30)31-13-14-40-36(22-31)37(43(55(40)9-2)34-24-49-28-50-25-34)23-48(5,6)27-63-47(62)38-12-10-16-56(52-38)46(39)61/h13-14,18-19,21-22,24-25,28-29,32,38-39,42,52,57H,9-10,12,15-17,20,23,26-27H2,1-7H3,(H,51,59)/t32-,38+,39+,42+/m1/s1. The summed E-state index contributed by atoms with van der Waals surface area (Å²) in [5.41, 5.74) is 8.61. The van der Waals surface area contributed by atoms with Crippen molar-refractivity contribution in [2.75, 3.05) is 33.3 Å². The number of ether oxygens (including phenoxy) is 1. The fourth-order valence-corrected chi connectivity index (χ4v) is 9.40. The molecule has 6 bridgehead atoms. The smallest absolute Gasteiger partial charge is 0.324 e. The number of rotatable bonds is 7. The van der Waals surface area contributed by atoms with E-state index >= 15 is 0 Å². The van der Waals surface area contributed by atoms with Crippen molar-refractivity contribution < 1.29 is 33.8 Å². The van der Waals surface area contributed by atoms with Crippen LogP contribution in [0.3, 0.4) is 0 Å². The quantitative estimate of drug-likeness (QED) is 0.177. The molecule has 3 N–H and O–H groups in total. The number of aromatic hydroxyl groups is 1. The number of aromatic nitrogens is 3. The second-order valence-electron chi connectivity index (χ2n) is 18.1. The molecular weight excluding hydrogens is 801 g/mol. The number of carbonyl (C=O) groups is 5. The number of fused-ring (bicyclic) bond motifs is 6. The third kappa shape index (κ3) is 9.56. The number of phenolic OH excluding ortho intramolecular Hbond substituents is 1. The maximum Gasteiger partial charge on any atom is 0.324 e. The largest absolute Gasteiger partial charge is 0.508 e. The third-order valence-electron chi connectivity index (χ3n) is 12.4. The highest BCUT2D eigenvalue weighted by molar-refractivity contribution is 5.96. The van der Waals surface area contributed by atoms with Gasteiger partial charge in [-0.1, -0.05) is 45.7 Å². The highest BCUT2D eigenvalue weighted by Gasteiger charge is 2.40. The molecule has 3 aliphatic heterocycles. The monoisotopic (exact) mass is 858 g/mol. The molecule has 2 fully saturated rings. The maximum absolute atomic E-state index is 14.6. The Balaban J connectivity index is 1.27. The Labute approximate surface area is 368 Å². The molecule has 4 amide bonds. The SMILES string of the molecule is CC#CC(=O)N1CC[C@@H](C(=O)N(C)[C@H](C(=O)N[C@H]2Cc3cc(O)cc(c3)-c3ccc4c(c3)c(c(-c3cncnc3)n4CC)CC(C)(C)COC(=O)[C@@H]3CCCN(N3)C2=O)C(C)C)C1. The van der Waals surface area contributed by atoms with E-state index in [1.54, 1.807) is 43.4 Å². The molecule has 15 nitrogen and oxygen atoms in total. The highest BCUT2D eigenvalue weighted by Crippen LogP contribution is 2.40. The van der Waals surface area contributed by atoms with Gasteiger partial charge in [0.2, 0.25) is 11.8 Å². The van der Waals surface area contributed by atoms with E-state index in [4.69, 9.17) is 4.74 Å². The molecule has 4 aromatic rings. The number of benzene rings is 2. The lowest BCUT2D eigenvalue weighted by Crippen LogP contribution is -2.62. The van der Waals surface area contributed by atoms with Crippen LogP contribution in [0.25, 0.3) is 33.3 Å². The molecule has 332 valence electrons. The van der Waals surface area contributed by atoms with Gasteiger partial charge in [0.15, 0.2) is 0 Å². The summed E-state index contributed by atoms with van der Waals surface area (Å²) in [6.45, 7) is 13.1. The molecule has 0 unspecified atom stereocenters. The normalized spacial score (nSPS) is 20.7. The van der Waals surface area contributed by atoms with Crippen LogP contribution in [0, 0.1) is 29.1 Å². The number of nitrogens with zero attached hydrogens (tertiary/aromatic N) is 6. The summed E-state index contributed by atoms with van der Waals surface area (Å²) in [4.78, 5) is 80.9. The number of nitrogens with one attached hydrogen (secondary N) is 2. The topological polar surface area (TPSA) is 179 Å². The molecular formula is C48H58N8O7. The van der Waals surface area contributed by atoms with Crippen LogP contribution in [0.2, 0.25) is 0 Å². The predicted octanol–water partition coefficient (Wildman–Crippen LogP) is 4.49. The van der Waals surface area contributed by atoms with Crippen molar-refractivity contribution >= 4 is 40.5 Å². The van der Waals surface area contributed by atoms with E-state index in [1.807, 2.05) is 26.0 Å². The first kappa shape index (κ1) is 44.8. The number of phenols is 1. The van der Waals surface area contributed by atoms with Crippen LogP contribution in [-0.2, 0) is 48.1 Å². The minimum atomic E-state index is -1.16. The number of likely N-dealkylation sites (N-methyl/N-ethyl adjacent to an activating group) is 1. The van der Waals surface area contributed by atoms with E-state index < -0.39 is 47.2 Å². The van der Waals surface area contributed by atoms with Crippen molar-refractivity contribution in [3.8, 4) is 40.0 Å². The molecule has 0 saturated carbocycles. The first-order valence-electron chi connectivity index (χ1n) is 21.9. The van der Waals surface area contributed by atoms with Crippen molar-refractivity contribution in [3.63, 3.8) is 0 Å². The van der Waals surface area contributed by atoms with Gasteiger partial charge in [0, 0.05) is 73.9 Å². The van der Waals surface area contributed by atoms with E-state index in [1.165, 1.54) is 16.2 Å². The van der Waals surface area contributed by atoms with Crippen LogP contribution in [0.5, 0.6) is 5.75 Å². The number of carbonyl (C=O) groups excluding carboxylic acids is 5. The van der Waals surface area contributed by atoms with Crippen molar-refractivity contribution in [1.82, 2.24) is 40.1 Å². The number of esters is 1. The van der Waals surface area contributed by atoms with Crippen LogP contribution in [0.4, 0.5) is 0 Å². The minimum absolute atomic E-state index is 0.00798. The first-order chi connectivity index (χ1) is 30.1. The second-order valence-corrected chi connectivity index (χ2v) is 18.1. The molecule has 3 aliphatic rings. The molecule has 4 atom stereocenters. The summed E-state index contributed by atoms with van der Waals surface area (Å²) in [7, 11) is 1.58. The zero-order valence-electron chi connectivity index (χ0n) is 37.2. The predicted molar refractivity (Wildman–Crippen MR) is 237 cm³/mol. The van der Waals surface area contributed by atoms with Crippen molar-refractivity contribution in [1.29, 1.82) is 0 Å². The molecule has 0 aliphatic carbocycles. The molecule has 2 aromatic heterocycles. The molecule has 2 saturated heterocycles. The zero-order chi connectivity index (χ0) is 45.2. The Kier molecular flexibility index (Phi) is 13.2. The molecule has 5 heterocycles. The third-order valence-corrected chi connectivity index (χ3v) is 12.4. The summed E-state index contributed by atoms with van der Waals surface area (Å²) in [6, 6.07) is 8.43. The fraction of sp³-hybridized carbons (Fsp3) is 0.479. The average molecular weight is 859 g/mol. The highest BCUT2D eigenvalue weighted by atomic mass is 16.5. The van der Waals surface area contributed by atoms with E-state index in [0.29, 0.717) is 49.9 Å². The lowest BCUT2D eigenvalue weighted by Gasteiger charge is -2.37. The maximum atomic E-state index is 14.6. The van der Waals surface area contributed by atoms with Crippen LogP contribution in [0.15, 0.2) is 55.1 Å². The fourth-order valence-electron chi connectivity index (χ4n) is 9.40. The lowest BCUT2D eigenvalue weighted by molar-refractivity contribution is -0.155. The number of aryl methyl sites for hydroxylation is 1. The number of hydrazine groups is 1. The molecule has 15 heteroatoms. The van der Waals surface area contributed by atoms with Gasteiger partial charge in [0.1, 0.15) is 30.2 Å². The van der Waals surface area contributed by atoms with Crippen LogP contribution in [-0.4, -0.2) is 115 Å². The molecule has 0 spiro atoms. The Morgan fingerprint density at radius 3 is 2.52 bits per heavy atom. The molecule has 0 radical (unpaired) electrons. The van der Waals surface area contributed by atoms with Crippen molar-refractivity contribution in [2.24, 2.45) is 17.3 Å². The summed E-state index contributed by atoms with van der Waals surface area (Å²) in [5.74, 6) is 2.17. The van der Waals surface area contributed by atoms with Crippen molar-refractivity contribution in [3.05, 3.63) is 66.2 Å². The van der Waals surface area contributed by atoms with Crippen molar-refractivity contribution in [2.45, 2.75) is 98.3 Å². The van der Waals surface area contributed by atoms with E-state index in [9.17, 15) is 29.1 Å². The first-order valence-corrected chi connectivity index (χ1v) is 21.9. The Bertz CT molecular complexity index is 2470. The number of hydrogen-bond acceptors (Lipinski definition) is 10.